The summed E-state index contributed by atoms with van der Waals surface area (Å²) in [5, 5.41) is 5.40. The summed E-state index contributed by atoms with van der Waals surface area (Å²) in [4.78, 5) is 24.1. The normalized spacial score (nSPS) is 17.1. The average molecular weight is 279 g/mol. The number of carbonyl (C=O) groups is 2. The van der Waals surface area contributed by atoms with Crippen molar-refractivity contribution in [3.63, 3.8) is 0 Å². The zero-order chi connectivity index (χ0) is 14.7. The van der Waals surface area contributed by atoms with E-state index in [0.717, 1.165) is 12.1 Å². The number of carbonyl (C=O) groups excluding carboxylic acids is 2. The molecule has 1 aromatic rings. The number of halogens is 1. The molecule has 1 aliphatic heterocycles. The van der Waals surface area contributed by atoms with Crippen LogP contribution < -0.4 is 15.5 Å². The molecule has 0 aromatic heterocycles. The molecule has 0 aliphatic carbocycles. The minimum absolute atomic E-state index is 0.00916. The smallest absolute Gasteiger partial charge is 0.246 e. The van der Waals surface area contributed by atoms with E-state index in [2.05, 4.69) is 10.6 Å². The van der Waals surface area contributed by atoms with Gasteiger partial charge in [0.25, 0.3) is 0 Å². The number of nitrogens with zero attached hydrogens (tertiary/aromatic N) is 1. The van der Waals surface area contributed by atoms with Crippen LogP contribution in [0.25, 0.3) is 0 Å². The summed E-state index contributed by atoms with van der Waals surface area (Å²) in [6.45, 7) is 4.72. The third kappa shape index (κ3) is 3.14. The van der Waals surface area contributed by atoms with Gasteiger partial charge in [0.2, 0.25) is 11.8 Å². The van der Waals surface area contributed by atoms with Gasteiger partial charge in [0.1, 0.15) is 5.82 Å². The highest BCUT2D eigenvalue weighted by atomic mass is 19.1. The third-order valence-corrected chi connectivity index (χ3v) is 3.27. The summed E-state index contributed by atoms with van der Waals surface area (Å²) < 4.78 is 14.2. The fourth-order valence-electron chi connectivity index (χ4n) is 2.28. The molecular weight excluding hydrogens is 261 g/mol. The predicted octanol–water partition coefficient (Wildman–Crippen LogP) is 0.959. The van der Waals surface area contributed by atoms with Gasteiger partial charge in [-0.15, -0.1) is 0 Å². The van der Waals surface area contributed by atoms with Gasteiger partial charge in [-0.2, -0.15) is 0 Å². The molecule has 1 heterocycles. The van der Waals surface area contributed by atoms with E-state index in [1.807, 2.05) is 19.9 Å². The Morgan fingerprint density at radius 1 is 1.35 bits per heavy atom. The molecule has 2 amide bonds. The van der Waals surface area contributed by atoms with E-state index < -0.39 is 17.6 Å². The highest BCUT2D eigenvalue weighted by Crippen LogP contribution is 2.24. The maximum absolute atomic E-state index is 14.2. The first-order chi connectivity index (χ1) is 9.51. The second-order valence-corrected chi connectivity index (χ2v) is 4.82. The lowest BCUT2D eigenvalue weighted by Crippen LogP contribution is -2.51. The second-order valence-electron chi connectivity index (χ2n) is 4.82. The summed E-state index contributed by atoms with van der Waals surface area (Å²) in [6, 6.07) is 4.92. The molecule has 0 bridgehead atoms. The molecule has 0 radical (unpaired) electrons. The number of nitrogens with one attached hydrogen (secondary N) is 2. The molecular formula is C14H18FN3O2. The molecule has 1 aromatic carbocycles. The minimum Gasteiger partial charge on any atom is -0.351 e. The van der Waals surface area contributed by atoms with E-state index in [1.165, 1.54) is 11.0 Å². The van der Waals surface area contributed by atoms with Crippen LogP contribution >= 0.6 is 0 Å². The fraction of sp³-hybridized carbons (Fsp3) is 0.429. The molecule has 6 heteroatoms. The Kier molecular flexibility index (Phi) is 4.34. The van der Waals surface area contributed by atoms with E-state index in [4.69, 9.17) is 0 Å². The predicted molar refractivity (Wildman–Crippen MR) is 73.9 cm³/mol. The molecule has 20 heavy (non-hydrogen) atoms. The van der Waals surface area contributed by atoms with E-state index in [0.29, 0.717) is 0 Å². The van der Waals surface area contributed by atoms with E-state index in [-0.39, 0.29) is 24.8 Å². The fourth-order valence-corrected chi connectivity index (χ4v) is 2.28. The summed E-state index contributed by atoms with van der Waals surface area (Å²) in [7, 11) is 0. The van der Waals surface area contributed by atoms with Gasteiger partial charge >= 0.3 is 0 Å². The van der Waals surface area contributed by atoms with Crippen molar-refractivity contribution < 1.29 is 14.0 Å². The third-order valence-electron chi connectivity index (χ3n) is 3.27. The zero-order valence-electron chi connectivity index (χ0n) is 11.6. The lowest BCUT2D eigenvalue weighted by molar-refractivity contribution is -0.130. The maximum Gasteiger partial charge on any atom is 0.246 e. The SMILES string of the molecule is CCNC(C)c1ccc(N2CC(=O)NC(=O)C2)c(F)c1. The topological polar surface area (TPSA) is 61.4 Å². The Bertz CT molecular complexity index is 517. The first-order valence-corrected chi connectivity index (χ1v) is 6.61. The highest BCUT2D eigenvalue weighted by Gasteiger charge is 2.24. The van der Waals surface area contributed by atoms with Crippen LogP contribution in [0.2, 0.25) is 0 Å². The number of rotatable bonds is 4. The standard InChI is InChI=1S/C14H18FN3O2/c1-3-16-9(2)10-4-5-12(11(15)6-10)18-7-13(19)17-14(20)8-18/h4-6,9,16H,3,7-8H2,1-2H3,(H,17,19,20). The molecule has 1 atom stereocenters. The average Bonchev–Trinajstić information content (AvgIpc) is 2.37. The first-order valence-electron chi connectivity index (χ1n) is 6.61. The Hall–Kier alpha value is -1.95. The summed E-state index contributed by atoms with van der Waals surface area (Å²) in [5.41, 5.74) is 1.11. The molecule has 1 unspecified atom stereocenters. The molecule has 1 fully saturated rings. The zero-order valence-corrected chi connectivity index (χ0v) is 11.6. The van der Waals surface area contributed by atoms with Crippen LogP contribution in [-0.2, 0) is 9.59 Å². The van der Waals surface area contributed by atoms with Crippen molar-refractivity contribution in [2.45, 2.75) is 19.9 Å². The molecule has 5 nitrogen and oxygen atoms in total. The molecule has 1 saturated heterocycles. The summed E-state index contributed by atoms with van der Waals surface area (Å²) in [5.74, 6) is -1.24. The van der Waals surface area contributed by atoms with Crippen LogP contribution in [0.3, 0.4) is 0 Å². The Labute approximate surface area is 117 Å². The number of hydrogen-bond acceptors (Lipinski definition) is 4. The van der Waals surface area contributed by atoms with Crippen molar-refractivity contribution in [1.29, 1.82) is 0 Å². The van der Waals surface area contributed by atoms with Gasteiger partial charge < -0.3 is 10.2 Å². The number of piperazine rings is 1. The van der Waals surface area contributed by atoms with Crippen molar-refractivity contribution in [3.05, 3.63) is 29.6 Å². The largest absolute Gasteiger partial charge is 0.351 e. The van der Waals surface area contributed by atoms with Crippen molar-refractivity contribution >= 4 is 17.5 Å². The van der Waals surface area contributed by atoms with Crippen LogP contribution in [-0.4, -0.2) is 31.4 Å². The Morgan fingerprint density at radius 3 is 2.55 bits per heavy atom. The van der Waals surface area contributed by atoms with Gasteiger partial charge in [-0.3, -0.25) is 14.9 Å². The van der Waals surface area contributed by atoms with Crippen LogP contribution in [0.1, 0.15) is 25.5 Å². The Balaban J connectivity index is 2.21. The first kappa shape index (κ1) is 14.5. The quantitative estimate of drug-likeness (QED) is 0.806. The summed E-state index contributed by atoms with van der Waals surface area (Å²) in [6.07, 6.45) is 0. The van der Waals surface area contributed by atoms with Crippen molar-refractivity contribution in [3.8, 4) is 0 Å². The van der Waals surface area contributed by atoms with Crippen molar-refractivity contribution in [2.75, 3.05) is 24.5 Å². The lowest BCUT2D eigenvalue weighted by atomic mass is 10.1. The van der Waals surface area contributed by atoms with E-state index in [1.54, 1.807) is 6.07 Å². The molecule has 0 spiro atoms. The van der Waals surface area contributed by atoms with Crippen LogP contribution in [0, 0.1) is 5.82 Å². The van der Waals surface area contributed by atoms with Gasteiger partial charge in [-0.1, -0.05) is 13.0 Å². The Morgan fingerprint density at radius 2 is 2.00 bits per heavy atom. The van der Waals surface area contributed by atoms with Crippen molar-refractivity contribution in [2.24, 2.45) is 0 Å². The molecule has 2 N–H and O–H groups in total. The molecule has 2 rings (SSSR count). The van der Waals surface area contributed by atoms with Gasteiger partial charge in [0.15, 0.2) is 0 Å². The number of imide groups is 1. The van der Waals surface area contributed by atoms with E-state index >= 15 is 0 Å². The van der Waals surface area contributed by atoms with Gasteiger partial charge in [0.05, 0.1) is 18.8 Å². The number of benzene rings is 1. The maximum atomic E-state index is 14.2. The van der Waals surface area contributed by atoms with Crippen LogP contribution in [0.15, 0.2) is 18.2 Å². The second kappa shape index (κ2) is 6.00. The molecule has 1 aliphatic rings. The number of hydrogen-bond donors (Lipinski definition) is 2. The highest BCUT2D eigenvalue weighted by molar-refractivity contribution is 6.02. The van der Waals surface area contributed by atoms with Crippen molar-refractivity contribution in [1.82, 2.24) is 10.6 Å². The van der Waals surface area contributed by atoms with E-state index in [9.17, 15) is 14.0 Å². The van der Waals surface area contributed by atoms with Gasteiger partial charge in [0, 0.05) is 6.04 Å². The number of amides is 2. The lowest BCUT2D eigenvalue weighted by Gasteiger charge is -2.28. The van der Waals surface area contributed by atoms with Crippen LogP contribution in [0.4, 0.5) is 10.1 Å². The molecule has 0 saturated carbocycles. The monoisotopic (exact) mass is 279 g/mol. The van der Waals surface area contributed by atoms with Gasteiger partial charge in [-0.05, 0) is 31.2 Å². The molecule has 108 valence electrons. The number of anilines is 1. The van der Waals surface area contributed by atoms with Crippen LogP contribution in [0.5, 0.6) is 0 Å². The van der Waals surface area contributed by atoms with Gasteiger partial charge in [-0.25, -0.2) is 4.39 Å². The minimum atomic E-state index is -0.422. The summed E-state index contributed by atoms with van der Waals surface area (Å²) >= 11 is 0.